The fraction of sp³-hybridized carbons (Fsp3) is 0.154. The zero-order valence-corrected chi connectivity index (χ0v) is 12.5. The number of carbonyl (C=O) groups is 1. The van der Waals surface area contributed by atoms with Gasteiger partial charge in [-0.3, -0.25) is 4.79 Å². The van der Waals surface area contributed by atoms with E-state index in [1.165, 1.54) is 11.3 Å². The van der Waals surface area contributed by atoms with Gasteiger partial charge in [0, 0.05) is 15.8 Å². The van der Waals surface area contributed by atoms with Gasteiger partial charge in [0.2, 0.25) is 0 Å². The van der Waals surface area contributed by atoms with Gasteiger partial charge in [-0.2, -0.15) is 0 Å². The number of anilines is 2. The molecule has 0 spiro atoms. The minimum Gasteiger partial charge on any atom is -0.398 e. The van der Waals surface area contributed by atoms with Crippen molar-refractivity contribution in [2.45, 2.75) is 13.8 Å². The van der Waals surface area contributed by atoms with Crippen molar-refractivity contribution >= 4 is 44.5 Å². The van der Waals surface area contributed by atoms with Gasteiger partial charge in [-0.25, -0.2) is 0 Å². The van der Waals surface area contributed by atoms with Crippen LogP contribution in [0.15, 0.2) is 28.1 Å². The lowest BCUT2D eigenvalue weighted by Gasteiger charge is -2.13. The maximum absolute atomic E-state index is 12.1. The summed E-state index contributed by atoms with van der Waals surface area (Å²) in [6.45, 7) is 3.85. The molecule has 0 saturated carbocycles. The van der Waals surface area contributed by atoms with E-state index in [1.54, 1.807) is 0 Å². The summed E-state index contributed by atoms with van der Waals surface area (Å²) in [7, 11) is 0. The number of benzene rings is 1. The second-order valence-corrected chi connectivity index (χ2v) is 5.79. The van der Waals surface area contributed by atoms with Gasteiger partial charge in [-0.1, -0.05) is 6.07 Å². The van der Waals surface area contributed by atoms with E-state index < -0.39 is 0 Å². The van der Waals surface area contributed by atoms with Crippen LogP contribution >= 0.6 is 27.3 Å². The number of halogens is 1. The van der Waals surface area contributed by atoms with E-state index in [2.05, 4.69) is 21.2 Å². The molecule has 18 heavy (non-hydrogen) atoms. The van der Waals surface area contributed by atoms with Gasteiger partial charge in [0.1, 0.15) is 4.88 Å². The highest BCUT2D eigenvalue weighted by Crippen LogP contribution is 2.28. The van der Waals surface area contributed by atoms with E-state index in [4.69, 9.17) is 5.73 Å². The Labute approximate surface area is 118 Å². The lowest BCUT2D eigenvalue weighted by Crippen LogP contribution is -2.13. The highest BCUT2D eigenvalue weighted by atomic mass is 79.9. The summed E-state index contributed by atoms with van der Waals surface area (Å²) in [4.78, 5) is 12.8. The summed E-state index contributed by atoms with van der Waals surface area (Å²) in [6, 6.07) is 5.61. The van der Waals surface area contributed by atoms with Crippen molar-refractivity contribution in [2.75, 3.05) is 11.1 Å². The number of nitrogen functional groups attached to an aromatic ring is 1. The van der Waals surface area contributed by atoms with E-state index in [0.717, 1.165) is 21.3 Å². The molecule has 2 rings (SSSR count). The van der Waals surface area contributed by atoms with Crippen LogP contribution < -0.4 is 11.1 Å². The first-order chi connectivity index (χ1) is 8.50. The molecule has 94 valence electrons. The fourth-order valence-corrected chi connectivity index (χ4v) is 3.13. The van der Waals surface area contributed by atoms with E-state index in [0.29, 0.717) is 10.6 Å². The Kier molecular flexibility index (Phi) is 3.73. The average Bonchev–Trinajstić information content (AvgIpc) is 2.76. The number of amides is 1. The average molecular weight is 325 g/mol. The number of thiophene rings is 1. The highest BCUT2D eigenvalue weighted by Gasteiger charge is 2.14. The van der Waals surface area contributed by atoms with Gasteiger partial charge in [0.15, 0.2) is 0 Å². The Hall–Kier alpha value is -1.33. The van der Waals surface area contributed by atoms with Crippen molar-refractivity contribution in [1.29, 1.82) is 0 Å². The number of carbonyl (C=O) groups excluding carboxylic acids is 1. The Bertz CT molecular complexity index is 607. The van der Waals surface area contributed by atoms with E-state index in [1.807, 2.05) is 37.4 Å². The molecule has 2 aromatic rings. The predicted molar refractivity (Wildman–Crippen MR) is 80.3 cm³/mol. The maximum Gasteiger partial charge on any atom is 0.266 e. The Morgan fingerprint density at radius 2 is 2.06 bits per heavy atom. The van der Waals surface area contributed by atoms with Gasteiger partial charge < -0.3 is 11.1 Å². The van der Waals surface area contributed by atoms with Crippen molar-refractivity contribution in [3.05, 3.63) is 44.1 Å². The number of hydrogen-bond acceptors (Lipinski definition) is 3. The fourth-order valence-electron chi connectivity index (χ4n) is 1.68. The number of nitrogens with two attached hydrogens (primary N) is 1. The molecular weight excluding hydrogens is 312 g/mol. The van der Waals surface area contributed by atoms with Crippen molar-refractivity contribution < 1.29 is 4.79 Å². The molecule has 1 heterocycles. The summed E-state index contributed by atoms with van der Waals surface area (Å²) in [6.07, 6.45) is 0. The maximum atomic E-state index is 12.1. The van der Waals surface area contributed by atoms with Crippen LogP contribution in [0, 0.1) is 13.8 Å². The SMILES string of the molecule is Cc1ccc(N)c(C)c1NC(=O)c1sccc1Br. The Balaban J connectivity index is 2.33. The van der Waals surface area contributed by atoms with Crippen molar-refractivity contribution in [3.8, 4) is 0 Å². The molecule has 0 aliphatic carbocycles. The second-order valence-electron chi connectivity index (χ2n) is 4.02. The lowest BCUT2D eigenvalue weighted by atomic mass is 10.1. The third kappa shape index (κ3) is 2.42. The van der Waals surface area contributed by atoms with Crippen LogP contribution in [0.2, 0.25) is 0 Å². The molecule has 3 N–H and O–H groups in total. The van der Waals surface area contributed by atoms with Gasteiger partial charge in [-0.15, -0.1) is 11.3 Å². The second kappa shape index (κ2) is 5.12. The van der Waals surface area contributed by atoms with E-state index in [9.17, 15) is 4.79 Å². The first kappa shape index (κ1) is 13.1. The molecule has 3 nitrogen and oxygen atoms in total. The lowest BCUT2D eigenvalue weighted by molar-refractivity contribution is 0.102. The summed E-state index contributed by atoms with van der Waals surface area (Å²) < 4.78 is 0.809. The quantitative estimate of drug-likeness (QED) is 0.821. The molecule has 0 unspecified atom stereocenters. The minimum atomic E-state index is -0.117. The van der Waals surface area contributed by atoms with Crippen molar-refractivity contribution in [2.24, 2.45) is 0 Å². The first-order valence-corrected chi connectivity index (χ1v) is 7.08. The molecule has 1 aromatic heterocycles. The molecule has 5 heteroatoms. The van der Waals surface area contributed by atoms with Gasteiger partial charge in [0.05, 0.1) is 0 Å². The van der Waals surface area contributed by atoms with Gasteiger partial charge in [-0.05, 0) is 58.4 Å². The third-order valence-electron chi connectivity index (χ3n) is 2.78. The molecule has 1 amide bonds. The van der Waals surface area contributed by atoms with Crippen LogP contribution in [0.1, 0.15) is 20.8 Å². The van der Waals surface area contributed by atoms with Crippen molar-refractivity contribution in [3.63, 3.8) is 0 Å². The predicted octanol–water partition coefficient (Wildman–Crippen LogP) is 3.96. The topological polar surface area (TPSA) is 55.1 Å². The van der Waals surface area contributed by atoms with E-state index >= 15 is 0 Å². The molecule has 0 radical (unpaired) electrons. The molecule has 0 aliphatic rings. The Morgan fingerprint density at radius 3 is 2.67 bits per heavy atom. The smallest absolute Gasteiger partial charge is 0.266 e. The van der Waals surface area contributed by atoms with Crippen LogP contribution in [-0.4, -0.2) is 5.91 Å². The minimum absolute atomic E-state index is 0.117. The molecule has 1 aromatic carbocycles. The van der Waals surface area contributed by atoms with Crippen molar-refractivity contribution in [1.82, 2.24) is 0 Å². The first-order valence-electron chi connectivity index (χ1n) is 5.40. The monoisotopic (exact) mass is 324 g/mol. The van der Waals surface area contributed by atoms with Crippen LogP contribution in [0.3, 0.4) is 0 Å². The highest BCUT2D eigenvalue weighted by molar-refractivity contribution is 9.10. The number of hydrogen-bond donors (Lipinski definition) is 2. The molecule has 0 aliphatic heterocycles. The molecule has 0 fully saturated rings. The van der Waals surface area contributed by atoms with Crippen LogP contribution in [0.25, 0.3) is 0 Å². The standard InChI is InChI=1S/C13H13BrN2OS/c1-7-3-4-10(15)8(2)11(7)16-13(17)12-9(14)5-6-18-12/h3-6H,15H2,1-2H3,(H,16,17). The number of aryl methyl sites for hydroxylation is 1. The Morgan fingerprint density at radius 1 is 1.33 bits per heavy atom. The molecule has 0 saturated heterocycles. The van der Waals surface area contributed by atoms with Crippen LogP contribution in [0.4, 0.5) is 11.4 Å². The molecular formula is C13H13BrN2OS. The number of nitrogens with one attached hydrogen (secondary N) is 1. The van der Waals surface area contributed by atoms with Gasteiger partial charge in [0.25, 0.3) is 5.91 Å². The summed E-state index contributed by atoms with van der Waals surface area (Å²) in [5, 5.41) is 4.80. The van der Waals surface area contributed by atoms with Gasteiger partial charge >= 0.3 is 0 Å². The summed E-state index contributed by atoms with van der Waals surface area (Å²) >= 11 is 4.76. The summed E-state index contributed by atoms with van der Waals surface area (Å²) in [5.74, 6) is -0.117. The zero-order chi connectivity index (χ0) is 13.3. The normalized spacial score (nSPS) is 10.4. The third-order valence-corrected chi connectivity index (χ3v) is 4.61. The largest absolute Gasteiger partial charge is 0.398 e. The van der Waals surface area contributed by atoms with E-state index in [-0.39, 0.29) is 5.91 Å². The zero-order valence-electron chi connectivity index (χ0n) is 10.1. The molecule has 0 bridgehead atoms. The summed E-state index contributed by atoms with van der Waals surface area (Å²) in [5.41, 5.74) is 9.23. The molecule has 0 atom stereocenters. The van der Waals surface area contributed by atoms with Crippen LogP contribution in [0.5, 0.6) is 0 Å². The van der Waals surface area contributed by atoms with Crippen LogP contribution in [-0.2, 0) is 0 Å². The number of rotatable bonds is 2.